The molecule has 0 aliphatic carbocycles. The maximum absolute atomic E-state index is 13.0. The Morgan fingerprint density at radius 1 is 0.900 bits per heavy atom. The fraction of sp³-hybridized carbons (Fsp3) is 0.238. The van der Waals surface area contributed by atoms with Crippen LogP contribution >= 0.6 is 0 Å². The first-order chi connectivity index (χ1) is 14.2. The summed E-state index contributed by atoms with van der Waals surface area (Å²) in [5.41, 5.74) is 0.477. The molecule has 0 aromatic heterocycles. The van der Waals surface area contributed by atoms with E-state index < -0.39 is 17.9 Å². The lowest BCUT2D eigenvalue weighted by molar-refractivity contribution is -0.274. The number of carbonyl (C=O) groups excluding carboxylic acids is 2. The van der Waals surface area contributed by atoms with Crippen molar-refractivity contribution in [1.29, 1.82) is 0 Å². The van der Waals surface area contributed by atoms with Gasteiger partial charge in [0.15, 0.2) is 0 Å². The quantitative estimate of drug-likeness (QED) is 0.558. The summed E-state index contributed by atoms with van der Waals surface area (Å²) >= 11 is 0. The molecule has 1 saturated heterocycles. The van der Waals surface area contributed by atoms with E-state index in [1.807, 2.05) is 0 Å². The summed E-state index contributed by atoms with van der Waals surface area (Å²) in [5, 5.41) is 0. The van der Waals surface area contributed by atoms with Crippen molar-refractivity contribution in [2.24, 2.45) is 0 Å². The zero-order valence-electron chi connectivity index (χ0n) is 15.7. The minimum atomic E-state index is -4.83. The Kier molecular flexibility index (Phi) is 6.39. The third-order valence-corrected chi connectivity index (χ3v) is 4.52. The summed E-state index contributed by atoms with van der Waals surface area (Å²) in [6.45, 7) is 1.14. The highest BCUT2D eigenvalue weighted by atomic mass is 19.4. The highest BCUT2D eigenvalue weighted by Gasteiger charge is 2.31. The summed E-state index contributed by atoms with van der Waals surface area (Å²) in [6.07, 6.45) is -2.39. The minimum absolute atomic E-state index is 0.119. The van der Waals surface area contributed by atoms with Crippen LogP contribution in [-0.4, -0.2) is 54.2 Å². The van der Waals surface area contributed by atoms with E-state index in [9.17, 15) is 27.2 Å². The zero-order chi connectivity index (χ0) is 21.7. The Hall–Kier alpha value is -3.36. The van der Waals surface area contributed by atoms with Crippen LogP contribution in [0, 0.1) is 5.82 Å². The topological polar surface area (TPSA) is 49.9 Å². The monoisotopic (exact) mass is 422 g/mol. The van der Waals surface area contributed by atoms with E-state index in [0.29, 0.717) is 18.7 Å². The highest BCUT2D eigenvalue weighted by Crippen LogP contribution is 2.27. The number of halogens is 4. The average Bonchev–Trinajstić information content (AvgIpc) is 2.72. The second-order valence-electron chi connectivity index (χ2n) is 6.54. The number of para-hydroxylation sites is 1. The molecule has 3 rings (SSSR count). The van der Waals surface area contributed by atoms with E-state index in [-0.39, 0.29) is 30.5 Å². The fourth-order valence-corrected chi connectivity index (χ4v) is 3.01. The van der Waals surface area contributed by atoms with E-state index in [0.717, 1.165) is 6.07 Å². The van der Waals surface area contributed by atoms with Gasteiger partial charge in [-0.2, -0.15) is 0 Å². The second kappa shape index (κ2) is 8.98. The maximum Gasteiger partial charge on any atom is 0.573 e. The molecule has 1 heterocycles. The molecular weight excluding hydrogens is 404 g/mol. The Balaban J connectivity index is 1.58. The Bertz CT molecular complexity index is 934. The molecule has 0 radical (unpaired) electrons. The number of alkyl halides is 3. The molecule has 5 nitrogen and oxygen atoms in total. The number of amides is 2. The third-order valence-electron chi connectivity index (χ3n) is 4.52. The van der Waals surface area contributed by atoms with Crippen LogP contribution in [0.2, 0.25) is 0 Å². The van der Waals surface area contributed by atoms with E-state index >= 15 is 0 Å². The van der Waals surface area contributed by atoms with Gasteiger partial charge < -0.3 is 14.5 Å². The molecule has 0 saturated carbocycles. The summed E-state index contributed by atoms with van der Waals surface area (Å²) in [6, 6.07) is 10.7. The Morgan fingerprint density at radius 2 is 1.50 bits per heavy atom. The fourth-order valence-electron chi connectivity index (χ4n) is 3.01. The zero-order valence-corrected chi connectivity index (χ0v) is 15.7. The minimum Gasteiger partial charge on any atom is -0.405 e. The van der Waals surface area contributed by atoms with Gasteiger partial charge in [0, 0.05) is 43.4 Å². The van der Waals surface area contributed by atoms with Crippen LogP contribution in [0.25, 0.3) is 6.08 Å². The SMILES string of the molecule is O=C(/C=C/c1ccccc1OC(F)(F)F)N1CCN(C(=O)c2ccc(F)cc2)CC1. The van der Waals surface area contributed by atoms with Crippen LogP contribution in [0.15, 0.2) is 54.6 Å². The first kappa shape index (κ1) is 21.4. The average molecular weight is 422 g/mol. The van der Waals surface area contributed by atoms with Crippen molar-refractivity contribution >= 4 is 17.9 Å². The second-order valence-corrected chi connectivity index (χ2v) is 6.54. The first-order valence-corrected chi connectivity index (χ1v) is 9.09. The van der Waals surface area contributed by atoms with Crippen molar-refractivity contribution in [3.8, 4) is 5.75 Å². The molecule has 0 atom stereocenters. The van der Waals surface area contributed by atoms with Gasteiger partial charge >= 0.3 is 6.36 Å². The molecule has 9 heteroatoms. The molecule has 158 valence electrons. The molecule has 2 aromatic rings. The van der Waals surface area contributed by atoms with Crippen LogP contribution < -0.4 is 4.74 Å². The summed E-state index contributed by atoms with van der Waals surface area (Å²) in [4.78, 5) is 27.9. The van der Waals surface area contributed by atoms with E-state index in [1.54, 1.807) is 4.90 Å². The molecule has 0 unspecified atom stereocenters. The van der Waals surface area contributed by atoms with Crippen LogP contribution in [-0.2, 0) is 4.79 Å². The van der Waals surface area contributed by atoms with Gasteiger partial charge in [-0.15, -0.1) is 13.2 Å². The number of nitrogens with zero attached hydrogens (tertiary/aromatic N) is 2. The summed E-state index contributed by atoms with van der Waals surface area (Å²) < 4.78 is 54.4. The predicted octanol–water partition coefficient (Wildman–Crippen LogP) is 3.72. The van der Waals surface area contributed by atoms with E-state index in [4.69, 9.17) is 0 Å². The standard InChI is InChI=1S/C21H18F4N2O3/c22-17-8-5-16(6-9-17)20(29)27-13-11-26(12-14-27)19(28)10-7-15-3-1-2-4-18(15)30-21(23,24)25/h1-10H,11-14H2/b10-7+. The summed E-state index contributed by atoms with van der Waals surface area (Å²) in [5.74, 6) is -1.47. The molecule has 1 fully saturated rings. The van der Waals surface area contributed by atoms with Crippen molar-refractivity contribution in [1.82, 2.24) is 9.80 Å². The molecule has 1 aliphatic rings. The smallest absolute Gasteiger partial charge is 0.405 e. The number of hydrogen-bond donors (Lipinski definition) is 0. The maximum atomic E-state index is 13.0. The van der Waals surface area contributed by atoms with Crippen LogP contribution in [0.4, 0.5) is 17.6 Å². The van der Waals surface area contributed by atoms with E-state index in [2.05, 4.69) is 4.74 Å². The molecular formula is C21H18F4N2O3. The molecule has 0 bridgehead atoms. The lowest BCUT2D eigenvalue weighted by Crippen LogP contribution is -2.50. The molecule has 0 N–H and O–H groups in total. The Labute approximate surface area is 170 Å². The third kappa shape index (κ3) is 5.59. The highest BCUT2D eigenvalue weighted by molar-refractivity contribution is 5.95. The van der Waals surface area contributed by atoms with Crippen molar-refractivity contribution in [3.63, 3.8) is 0 Å². The molecule has 2 aromatic carbocycles. The van der Waals surface area contributed by atoms with Gasteiger partial charge in [-0.1, -0.05) is 18.2 Å². The van der Waals surface area contributed by atoms with Crippen molar-refractivity contribution < 1.29 is 31.9 Å². The first-order valence-electron chi connectivity index (χ1n) is 9.09. The van der Waals surface area contributed by atoms with Crippen molar-refractivity contribution in [3.05, 3.63) is 71.6 Å². The lowest BCUT2D eigenvalue weighted by Gasteiger charge is -2.34. The Morgan fingerprint density at radius 3 is 2.13 bits per heavy atom. The summed E-state index contributed by atoms with van der Waals surface area (Å²) in [7, 11) is 0. The van der Waals surface area contributed by atoms with Gasteiger partial charge in [-0.25, -0.2) is 4.39 Å². The van der Waals surface area contributed by atoms with Gasteiger partial charge in [0.25, 0.3) is 5.91 Å². The van der Waals surface area contributed by atoms with Crippen LogP contribution in [0.5, 0.6) is 5.75 Å². The van der Waals surface area contributed by atoms with E-state index in [1.165, 1.54) is 59.5 Å². The van der Waals surface area contributed by atoms with Crippen molar-refractivity contribution in [2.45, 2.75) is 6.36 Å². The van der Waals surface area contributed by atoms with Gasteiger partial charge in [0.2, 0.25) is 5.91 Å². The molecule has 1 aliphatic heterocycles. The number of piperazine rings is 1. The normalized spacial score (nSPS) is 14.8. The lowest BCUT2D eigenvalue weighted by atomic mass is 10.1. The van der Waals surface area contributed by atoms with Gasteiger partial charge in [0.1, 0.15) is 11.6 Å². The molecule has 2 amide bonds. The van der Waals surface area contributed by atoms with Gasteiger partial charge in [-0.3, -0.25) is 9.59 Å². The molecule has 0 spiro atoms. The number of ether oxygens (including phenoxy) is 1. The number of carbonyl (C=O) groups is 2. The predicted molar refractivity (Wildman–Crippen MR) is 101 cm³/mol. The van der Waals surface area contributed by atoms with Crippen molar-refractivity contribution in [2.75, 3.05) is 26.2 Å². The number of hydrogen-bond acceptors (Lipinski definition) is 3. The molecule has 30 heavy (non-hydrogen) atoms. The van der Waals surface area contributed by atoms with Gasteiger partial charge in [-0.05, 0) is 36.4 Å². The van der Waals surface area contributed by atoms with Crippen LogP contribution in [0.3, 0.4) is 0 Å². The largest absolute Gasteiger partial charge is 0.573 e. The number of rotatable bonds is 4. The number of benzene rings is 2. The van der Waals surface area contributed by atoms with Crippen LogP contribution in [0.1, 0.15) is 15.9 Å². The van der Waals surface area contributed by atoms with Gasteiger partial charge in [0.05, 0.1) is 0 Å².